The molecule has 8 nitrogen and oxygen atoms in total. The number of fused-ring (bicyclic) bond motifs is 1. The van der Waals surface area contributed by atoms with Crippen molar-refractivity contribution >= 4 is 32.8 Å². The summed E-state index contributed by atoms with van der Waals surface area (Å²) in [5.41, 5.74) is 4.78. The van der Waals surface area contributed by atoms with E-state index in [0.717, 1.165) is 39.2 Å². The second kappa shape index (κ2) is 8.83. The number of pyridine rings is 1. The van der Waals surface area contributed by atoms with Gasteiger partial charge in [0, 0.05) is 29.1 Å². The fourth-order valence-electron chi connectivity index (χ4n) is 3.96. The molecule has 174 valence electrons. The molecule has 34 heavy (non-hydrogen) atoms. The van der Waals surface area contributed by atoms with E-state index >= 15 is 0 Å². The SMILES string of the molecule is COc1ccc2c(Cc3cccc(NC(=O)NS(=O)(=O)C4CC4)n3)c(-c3ccccc3)[nH]c2c1. The first-order chi connectivity index (χ1) is 16.4. The van der Waals surface area contributed by atoms with E-state index in [9.17, 15) is 13.2 Å². The van der Waals surface area contributed by atoms with Gasteiger partial charge >= 0.3 is 6.03 Å². The van der Waals surface area contributed by atoms with E-state index in [0.29, 0.717) is 19.3 Å². The van der Waals surface area contributed by atoms with Crippen molar-refractivity contribution in [3.8, 4) is 17.0 Å². The highest BCUT2D eigenvalue weighted by Gasteiger charge is 2.36. The van der Waals surface area contributed by atoms with Gasteiger partial charge in [-0.3, -0.25) is 5.32 Å². The second-order valence-electron chi connectivity index (χ2n) is 8.25. The van der Waals surface area contributed by atoms with Crippen molar-refractivity contribution in [3.63, 3.8) is 0 Å². The number of rotatable bonds is 7. The number of methoxy groups -OCH3 is 1. The minimum atomic E-state index is -3.63. The summed E-state index contributed by atoms with van der Waals surface area (Å²) >= 11 is 0. The van der Waals surface area contributed by atoms with Crippen LogP contribution >= 0.6 is 0 Å². The Kier molecular flexibility index (Phi) is 5.70. The summed E-state index contributed by atoms with van der Waals surface area (Å²) in [4.78, 5) is 20.3. The molecule has 2 amide bonds. The number of nitrogens with one attached hydrogen (secondary N) is 3. The zero-order chi connectivity index (χ0) is 23.7. The van der Waals surface area contributed by atoms with Crippen LogP contribution in [0.1, 0.15) is 24.1 Å². The maximum absolute atomic E-state index is 12.2. The van der Waals surface area contributed by atoms with Gasteiger partial charge in [-0.25, -0.2) is 22.9 Å². The number of aromatic nitrogens is 2. The third-order valence-electron chi connectivity index (χ3n) is 5.78. The molecule has 5 rings (SSSR count). The van der Waals surface area contributed by atoms with Gasteiger partial charge in [0.2, 0.25) is 10.0 Å². The second-order valence-corrected chi connectivity index (χ2v) is 10.2. The molecule has 4 aromatic rings. The Morgan fingerprint density at radius 3 is 2.62 bits per heavy atom. The molecule has 2 aromatic heterocycles. The van der Waals surface area contributed by atoms with Gasteiger partial charge in [0.05, 0.1) is 18.1 Å². The van der Waals surface area contributed by atoms with Crippen LogP contribution < -0.4 is 14.8 Å². The van der Waals surface area contributed by atoms with Gasteiger partial charge in [-0.1, -0.05) is 36.4 Å². The fourth-order valence-corrected chi connectivity index (χ4v) is 5.19. The standard InChI is InChI=1S/C25H24N4O4S/c1-33-18-10-13-20-21(24(27-22(20)15-18)16-6-3-2-4-7-16)14-17-8-5-9-23(26-17)28-25(30)29-34(31,32)19-11-12-19/h2-10,13,15,19,27H,11-12,14H2,1H3,(H2,26,28,29,30). The number of anilines is 1. The van der Waals surface area contributed by atoms with Crippen molar-refractivity contribution in [2.75, 3.05) is 12.4 Å². The molecule has 2 heterocycles. The molecule has 2 aromatic carbocycles. The first kappa shape index (κ1) is 22.0. The monoisotopic (exact) mass is 476 g/mol. The predicted molar refractivity (Wildman–Crippen MR) is 131 cm³/mol. The zero-order valence-electron chi connectivity index (χ0n) is 18.5. The highest BCUT2D eigenvalue weighted by molar-refractivity contribution is 7.90. The van der Waals surface area contributed by atoms with Gasteiger partial charge < -0.3 is 9.72 Å². The third kappa shape index (κ3) is 4.60. The summed E-state index contributed by atoms with van der Waals surface area (Å²) in [6.07, 6.45) is 1.67. The Bertz CT molecular complexity index is 1460. The molecule has 1 aliphatic rings. The average Bonchev–Trinajstić information content (AvgIpc) is 3.63. The van der Waals surface area contributed by atoms with Crippen molar-refractivity contribution in [1.82, 2.24) is 14.7 Å². The number of urea groups is 1. The van der Waals surface area contributed by atoms with Crippen molar-refractivity contribution in [3.05, 3.63) is 78.0 Å². The number of ether oxygens (including phenoxy) is 1. The first-order valence-electron chi connectivity index (χ1n) is 11.0. The Labute approximate surface area is 197 Å². The van der Waals surface area contributed by atoms with Crippen molar-refractivity contribution < 1.29 is 17.9 Å². The maximum atomic E-state index is 12.2. The molecule has 1 fully saturated rings. The summed E-state index contributed by atoms with van der Waals surface area (Å²) < 4.78 is 31.5. The lowest BCUT2D eigenvalue weighted by Gasteiger charge is -2.09. The molecule has 0 spiro atoms. The summed E-state index contributed by atoms with van der Waals surface area (Å²) in [7, 11) is -1.99. The molecule has 0 bridgehead atoms. The Hall–Kier alpha value is -3.85. The lowest BCUT2D eigenvalue weighted by molar-refractivity contribution is 0.256. The molecule has 0 radical (unpaired) electrons. The molecule has 3 N–H and O–H groups in total. The molecule has 1 saturated carbocycles. The maximum Gasteiger partial charge on any atom is 0.334 e. The average molecular weight is 477 g/mol. The van der Waals surface area contributed by atoms with Crippen LogP contribution in [-0.2, 0) is 16.4 Å². The topological polar surface area (TPSA) is 113 Å². The molecule has 0 atom stereocenters. The first-order valence-corrected chi connectivity index (χ1v) is 12.5. The van der Waals surface area contributed by atoms with E-state index in [1.165, 1.54) is 0 Å². The van der Waals surface area contributed by atoms with Crippen LogP contribution in [0.5, 0.6) is 5.75 Å². The molecule has 1 aliphatic carbocycles. The predicted octanol–water partition coefficient (Wildman–Crippen LogP) is 4.44. The van der Waals surface area contributed by atoms with Crippen LogP contribution in [0.2, 0.25) is 0 Å². The fraction of sp³-hybridized carbons (Fsp3) is 0.200. The van der Waals surface area contributed by atoms with E-state index in [-0.39, 0.29) is 5.82 Å². The quantitative estimate of drug-likeness (QED) is 0.365. The van der Waals surface area contributed by atoms with Crippen molar-refractivity contribution in [1.29, 1.82) is 0 Å². The van der Waals surface area contributed by atoms with Gasteiger partial charge in [0.1, 0.15) is 11.6 Å². The summed E-state index contributed by atoms with van der Waals surface area (Å²) in [6, 6.07) is 20.4. The number of H-pyrrole nitrogens is 1. The van der Waals surface area contributed by atoms with E-state index in [1.807, 2.05) is 54.6 Å². The lowest BCUT2D eigenvalue weighted by Crippen LogP contribution is -2.36. The van der Waals surface area contributed by atoms with E-state index in [2.05, 4.69) is 20.0 Å². The summed E-state index contributed by atoms with van der Waals surface area (Å²) in [5.74, 6) is 1.04. The Morgan fingerprint density at radius 1 is 1.09 bits per heavy atom. The van der Waals surface area contributed by atoms with Crippen LogP contribution in [0.4, 0.5) is 10.6 Å². The largest absolute Gasteiger partial charge is 0.497 e. The number of sulfonamides is 1. The highest BCUT2D eigenvalue weighted by atomic mass is 32.2. The number of benzene rings is 2. The summed E-state index contributed by atoms with van der Waals surface area (Å²) in [6.45, 7) is 0. The van der Waals surface area contributed by atoms with Crippen molar-refractivity contribution in [2.24, 2.45) is 0 Å². The van der Waals surface area contributed by atoms with Crippen LogP contribution in [0.25, 0.3) is 22.2 Å². The Balaban J connectivity index is 1.44. The van der Waals surface area contributed by atoms with Crippen molar-refractivity contribution in [2.45, 2.75) is 24.5 Å². The highest BCUT2D eigenvalue weighted by Crippen LogP contribution is 2.34. The smallest absolute Gasteiger partial charge is 0.334 e. The molecule has 0 saturated heterocycles. The van der Waals surface area contributed by atoms with Gasteiger partial charge in [0.25, 0.3) is 0 Å². The van der Waals surface area contributed by atoms with E-state index in [4.69, 9.17) is 4.74 Å². The van der Waals surface area contributed by atoms with E-state index in [1.54, 1.807) is 19.2 Å². The van der Waals surface area contributed by atoms with Gasteiger partial charge in [-0.05, 0) is 48.2 Å². The number of carbonyl (C=O) groups excluding carboxylic acids is 1. The minimum Gasteiger partial charge on any atom is -0.497 e. The number of carbonyl (C=O) groups is 1. The van der Waals surface area contributed by atoms with Crippen LogP contribution in [0, 0.1) is 0 Å². The number of nitrogens with zero attached hydrogens (tertiary/aromatic N) is 1. The third-order valence-corrected chi connectivity index (χ3v) is 7.60. The molecule has 0 unspecified atom stereocenters. The normalized spacial score (nSPS) is 13.6. The van der Waals surface area contributed by atoms with Crippen LogP contribution in [0.3, 0.4) is 0 Å². The van der Waals surface area contributed by atoms with E-state index < -0.39 is 21.3 Å². The minimum absolute atomic E-state index is 0.281. The number of hydrogen-bond acceptors (Lipinski definition) is 5. The van der Waals surface area contributed by atoms with Gasteiger partial charge in [-0.15, -0.1) is 0 Å². The number of hydrogen-bond donors (Lipinski definition) is 3. The summed E-state index contributed by atoms with van der Waals surface area (Å²) in [5, 5.41) is 3.11. The van der Waals surface area contributed by atoms with Crippen LogP contribution in [0.15, 0.2) is 66.7 Å². The molecule has 0 aliphatic heterocycles. The van der Waals surface area contributed by atoms with Gasteiger partial charge in [0.15, 0.2) is 0 Å². The van der Waals surface area contributed by atoms with Gasteiger partial charge in [-0.2, -0.15) is 0 Å². The number of aromatic amines is 1. The number of amides is 2. The molecular weight excluding hydrogens is 452 g/mol. The Morgan fingerprint density at radius 2 is 1.88 bits per heavy atom. The zero-order valence-corrected chi connectivity index (χ0v) is 19.4. The lowest BCUT2D eigenvalue weighted by atomic mass is 10.0. The molecular formula is C25H24N4O4S. The van der Waals surface area contributed by atoms with Crippen LogP contribution in [-0.4, -0.2) is 36.8 Å². The molecule has 9 heteroatoms.